The first-order chi connectivity index (χ1) is 12.2. The van der Waals surface area contributed by atoms with Gasteiger partial charge in [0.2, 0.25) is 0 Å². The average Bonchev–Trinajstić information content (AvgIpc) is 2.46. The molecule has 1 spiro atoms. The van der Waals surface area contributed by atoms with Crippen molar-refractivity contribution in [3.05, 3.63) is 36.3 Å². The van der Waals surface area contributed by atoms with Gasteiger partial charge in [0.15, 0.2) is 0 Å². The summed E-state index contributed by atoms with van der Waals surface area (Å²) in [4.78, 5) is 18.1. The van der Waals surface area contributed by atoms with E-state index < -0.39 is 5.60 Å². The van der Waals surface area contributed by atoms with Gasteiger partial charge in [-0.15, -0.1) is 0 Å². The van der Waals surface area contributed by atoms with Crippen molar-refractivity contribution in [2.24, 2.45) is 5.41 Å². The van der Waals surface area contributed by atoms with E-state index in [9.17, 15) is 9.18 Å². The molecule has 1 saturated carbocycles. The van der Waals surface area contributed by atoms with E-state index in [1.807, 2.05) is 26.8 Å². The van der Waals surface area contributed by atoms with Gasteiger partial charge in [-0.2, -0.15) is 0 Å². The second kappa shape index (κ2) is 5.83. The maximum atomic E-state index is 13.6. The molecule has 1 aliphatic carbocycles. The van der Waals surface area contributed by atoms with Crippen LogP contribution in [0, 0.1) is 11.2 Å². The van der Waals surface area contributed by atoms with Gasteiger partial charge >= 0.3 is 6.09 Å². The van der Waals surface area contributed by atoms with Gasteiger partial charge in [0, 0.05) is 41.8 Å². The van der Waals surface area contributed by atoms with Crippen LogP contribution in [0.3, 0.4) is 0 Å². The molecule has 1 N–H and O–H groups in total. The van der Waals surface area contributed by atoms with Crippen molar-refractivity contribution in [2.45, 2.75) is 45.3 Å². The lowest BCUT2D eigenvalue weighted by molar-refractivity contribution is -0.0738. The third kappa shape index (κ3) is 3.20. The number of pyridine rings is 1. The first-order valence-corrected chi connectivity index (χ1v) is 9.02. The quantitative estimate of drug-likeness (QED) is 0.876. The molecule has 1 saturated heterocycles. The van der Waals surface area contributed by atoms with Crippen molar-refractivity contribution in [3.8, 4) is 0 Å². The van der Waals surface area contributed by atoms with E-state index in [0.717, 1.165) is 42.5 Å². The standard InChI is InChI=1S/C20H24FN3O2/c1-19(2,3)26-18(25)24-11-20(12-24)9-14(10-20)23-17-6-7-22-16-5-4-13(21)8-15(16)17/h4-8,14H,9-12H2,1-3H3,(H,22,23). The minimum Gasteiger partial charge on any atom is -0.444 e. The summed E-state index contributed by atoms with van der Waals surface area (Å²) >= 11 is 0. The summed E-state index contributed by atoms with van der Waals surface area (Å²) < 4.78 is 19.0. The van der Waals surface area contributed by atoms with Gasteiger partial charge in [-0.1, -0.05) is 0 Å². The lowest BCUT2D eigenvalue weighted by atomic mass is 9.60. The normalized spacial score (nSPS) is 19.2. The number of amides is 1. The number of likely N-dealkylation sites (tertiary alicyclic amines) is 1. The maximum Gasteiger partial charge on any atom is 0.410 e. The zero-order chi connectivity index (χ0) is 18.5. The zero-order valence-electron chi connectivity index (χ0n) is 15.4. The second-order valence-electron chi connectivity index (χ2n) is 8.61. The smallest absolute Gasteiger partial charge is 0.410 e. The molecular formula is C20H24FN3O2. The number of anilines is 1. The highest BCUT2D eigenvalue weighted by atomic mass is 19.1. The molecule has 5 nitrogen and oxygen atoms in total. The van der Waals surface area contributed by atoms with Gasteiger partial charge in [0.05, 0.1) is 5.52 Å². The van der Waals surface area contributed by atoms with Crippen molar-refractivity contribution in [1.29, 1.82) is 0 Å². The average molecular weight is 357 g/mol. The Hall–Kier alpha value is -2.37. The molecule has 2 fully saturated rings. The van der Waals surface area contributed by atoms with Gasteiger partial charge in [-0.3, -0.25) is 4.98 Å². The fourth-order valence-electron chi connectivity index (χ4n) is 4.03. The number of nitrogens with zero attached hydrogens (tertiary/aromatic N) is 2. The van der Waals surface area contributed by atoms with Crippen LogP contribution in [0.1, 0.15) is 33.6 Å². The molecule has 1 aromatic carbocycles. The lowest BCUT2D eigenvalue weighted by Gasteiger charge is -2.58. The number of nitrogens with one attached hydrogen (secondary N) is 1. The van der Waals surface area contributed by atoms with E-state index >= 15 is 0 Å². The van der Waals surface area contributed by atoms with Crippen LogP contribution in [-0.2, 0) is 4.74 Å². The molecule has 0 unspecified atom stereocenters. The Balaban J connectivity index is 1.34. The van der Waals surface area contributed by atoms with Crippen LogP contribution in [0.2, 0.25) is 0 Å². The monoisotopic (exact) mass is 357 g/mol. The maximum absolute atomic E-state index is 13.6. The zero-order valence-corrected chi connectivity index (χ0v) is 15.4. The highest BCUT2D eigenvalue weighted by Crippen LogP contribution is 2.49. The molecule has 6 heteroatoms. The predicted molar refractivity (Wildman–Crippen MR) is 98.6 cm³/mol. The van der Waals surface area contributed by atoms with Crippen LogP contribution in [0.25, 0.3) is 10.9 Å². The molecule has 0 bridgehead atoms. The van der Waals surface area contributed by atoms with Gasteiger partial charge in [-0.25, -0.2) is 9.18 Å². The summed E-state index contributed by atoms with van der Waals surface area (Å²) in [7, 11) is 0. The minimum atomic E-state index is -0.457. The summed E-state index contributed by atoms with van der Waals surface area (Å²) in [5.74, 6) is -0.259. The lowest BCUT2D eigenvalue weighted by Crippen LogP contribution is -2.66. The number of rotatable bonds is 2. The Labute approximate surface area is 152 Å². The number of ether oxygens (including phenoxy) is 1. The second-order valence-corrected chi connectivity index (χ2v) is 8.61. The summed E-state index contributed by atoms with van der Waals surface area (Å²) in [6.45, 7) is 7.15. The molecule has 1 amide bonds. The van der Waals surface area contributed by atoms with Gasteiger partial charge in [-0.05, 0) is 57.9 Å². The summed E-state index contributed by atoms with van der Waals surface area (Å²) in [5.41, 5.74) is 1.45. The summed E-state index contributed by atoms with van der Waals surface area (Å²) in [6.07, 6.45) is 3.52. The molecule has 2 aromatic rings. The Kier molecular flexibility index (Phi) is 3.82. The van der Waals surface area contributed by atoms with Crippen molar-refractivity contribution in [3.63, 3.8) is 0 Å². The van der Waals surface area contributed by atoms with Gasteiger partial charge in [0.1, 0.15) is 11.4 Å². The number of carbonyl (C=O) groups is 1. The molecule has 1 aromatic heterocycles. The first kappa shape index (κ1) is 17.1. The fourth-order valence-corrected chi connectivity index (χ4v) is 4.03. The van der Waals surface area contributed by atoms with Gasteiger partial charge in [0.25, 0.3) is 0 Å². The number of carbonyl (C=O) groups excluding carboxylic acids is 1. The highest BCUT2D eigenvalue weighted by molar-refractivity contribution is 5.91. The third-order valence-corrected chi connectivity index (χ3v) is 5.13. The Morgan fingerprint density at radius 2 is 2.04 bits per heavy atom. The molecule has 2 heterocycles. The van der Waals surface area contributed by atoms with E-state index in [4.69, 9.17) is 4.74 Å². The predicted octanol–water partition coefficient (Wildman–Crippen LogP) is 4.19. The van der Waals surface area contributed by atoms with E-state index in [0.29, 0.717) is 6.04 Å². The summed E-state index contributed by atoms with van der Waals surface area (Å²) in [6, 6.07) is 6.87. The van der Waals surface area contributed by atoms with E-state index in [1.165, 1.54) is 12.1 Å². The number of hydrogen-bond acceptors (Lipinski definition) is 4. The van der Waals surface area contributed by atoms with Crippen molar-refractivity contribution >= 4 is 22.7 Å². The molecular weight excluding hydrogens is 333 g/mol. The highest BCUT2D eigenvalue weighted by Gasteiger charge is 2.54. The van der Waals surface area contributed by atoms with Crippen LogP contribution in [0.4, 0.5) is 14.9 Å². The van der Waals surface area contributed by atoms with Crippen LogP contribution >= 0.6 is 0 Å². The van der Waals surface area contributed by atoms with Crippen LogP contribution in [-0.4, -0.2) is 40.7 Å². The molecule has 138 valence electrons. The number of aromatic nitrogens is 1. The molecule has 26 heavy (non-hydrogen) atoms. The van der Waals surface area contributed by atoms with Gasteiger partial charge < -0.3 is 15.0 Å². The van der Waals surface area contributed by atoms with Crippen molar-refractivity contribution < 1.29 is 13.9 Å². The minimum absolute atomic E-state index is 0.211. The fraction of sp³-hybridized carbons (Fsp3) is 0.500. The number of fused-ring (bicyclic) bond motifs is 1. The van der Waals surface area contributed by atoms with E-state index in [2.05, 4.69) is 10.3 Å². The topological polar surface area (TPSA) is 54.5 Å². The SMILES string of the molecule is CC(C)(C)OC(=O)N1CC2(CC(Nc3ccnc4ccc(F)cc34)C2)C1. The molecule has 0 atom stereocenters. The van der Waals surface area contributed by atoms with Crippen LogP contribution in [0.15, 0.2) is 30.5 Å². The van der Waals surface area contributed by atoms with Crippen molar-refractivity contribution in [1.82, 2.24) is 9.88 Å². The molecule has 2 aliphatic rings. The number of hydrogen-bond donors (Lipinski definition) is 1. The number of halogens is 1. The molecule has 0 radical (unpaired) electrons. The Morgan fingerprint density at radius 3 is 2.73 bits per heavy atom. The van der Waals surface area contributed by atoms with E-state index in [1.54, 1.807) is 17.2 Å². The largest absolute Gasteiger partial charge is 0.444 e. The first-order valence-electron chi connectivity index (χ1n) is 9.02. The number of benzene rings is 1. The third-order valence-electron chi connectivity index (χ3n) is 5.13. The Morgan fingerprint density at radius 1 is 1.31 bits per heavy atom. The van der Waals surface area contributed by atoms with Crippen LogP contribution < -0.4 is 5.32 Å². The van der Waals surface area contributed by atoms with E-state index in [-0.39, 0.29) is 17.3 Å². The van der Waals surface area contributed by atoms with Crippen LogP contribution in [0.5, 0.6) is 0 Å². The molecule has 1 aliphatic heterocycles. The summed E-state index contributed by atoms with van der Waals surface area (Å²) in [5, 5.41) is 4.32. The Bertz CT molecular complexity index is 848. The molecule has 4 rings (SSSR count). The van der Waals surface area contributed by atoms with Crippen molar-refractivity contribution in [2.75, 3.05) is 18.4 Å².